The van der Waals surface area contributed by atoms with Crippen LogP contribution in [0.4, 0.5) is 11.4 Å². The molecule has 0 spiro atoms. The second-order valence-electron chi connectivity index (χ2n) is 7.35. The fraction of sp³-hybridized carbons (Fsp3) is 0.0400. The standard InChI is InChI=1S/C25H17BrN4O4S/c1-33-22-11-10-18(26)12-17(22)14-27-29-21(24-13-16-6-2-5-9-23(16)34-24)15-35-25(29)28-19-7-3-4-8-20(19)30(31)32/h2-15H,1H3. The molecule has 0 N–H and O–H groups in total. The molecular formula is C25H17BrN4O4S. The lowest BCUT2D eigenvalue weighted by molar-refractivity contribution is -0.384. The van der Waals surface area contributed by atoms with Crippen LogP contribution >= 0.6 is 27.3 Å². The maximum absolute atomic E-state index is 11.5. The number of ether oxygens (including phenoxy) is 1. The van der Waals surface area contributed by atoms with Gasteiger partial charge < -0.3 is 9.15 Å². The highest BCUT2D eigenvalue weighted by Crippen LogP contribution is 2.30. The molecule has 8 nitrogen and oxygen atoms in total. The van der Waals surface area contributed by atoms with Crippen LogP contribution < -0.4 is 9.54 Å². The Hall–Kier alpha value is -4.02. The van der Waals surface area contributed by atoms with Crippen LogP contribution in [-0.2, 0) is 0 Å². The molecule has 0 atom stereocenters. The number of halogens is 1. The number of fused-ring (bicyclic) bond motifs is 1. The molecule has 0 bridgehead atoms. The summed E-state index contributed by atoms with van der Waals surface area (Å²) >= 11 is 4.78. The number of benzene rings is 3. The normalized spacial score (nSPS) is 12.0. The largest absolute Gasteiger partial charge is 0.496 e. The number of nitro groups is 1. The van der Waals surface area contributed by atoms with Crippen molar-refractivity contribution in [3.05, 3.63) is 103 Å². The van der Waals surface area contributed by atoms with Crippen LogP contribution in [0.3, 0.4) is 0 Å². The van der Waals surface area contributed by atoms with Crippen LogP contribution in [0.1, 0.15) is 5.56 Å². The van der Waals surface area contributed by atoms with Crippen molar-refractivity contribution in [1.82, 2.24) is 4.68 Å². The molecule has 0 saturated carbocycles. The Kier molecular flexibility index (Phi) is 6.30. The molecule has 174 valence electrons. The van der Waals surface area contributed by atoms with Crippen molar-refractivity contribution in [3.63, 3.8) is 0 Å². The van der Waals surface area contributed by atoms with Crippen molar-refractivity contribution >= 4 is 55.8 Å². The lowest BCUT2D eigenvalue weighted by Gasteiger charge is -2.05. The third-order valence-electron chi connectivity index (χ3n) is 5.16. The Labute approximate surface area is 211 Å². The third-order valence-corrected chi connectivity index (χ3v) is 6.47. The summed E-state index contributed by atoms with van der Waals surface area (Å²) < 4.78 is 14.0. The maximum Gasteiger partial charge on any atom is 0.294 e. The highest BCUT2D eigenvalue weighted by molar-refractivity contribution is 9.10. The maximum atomic E-state index is 11.5. The zero-order valence-corrected chi connectivity index (χ0v) is 20.7. The van der Waals surface area contributed by atoms with E-state index in [1.165, 1.54) is 17.4 Å². The summed E-state index contributed by atoms with van der Waals surface area (Å²) in [6, 6.07) is 21.6. The number of nitrogens with zero attached hydrogens (tertiary/aromatic N) is 4. The number of aromatic nitrogens is 1. The van der Waals surface area contributed by atoms with Crippen molar-refractivity contribution < 1.29 is 14.1 Å². The molecule has 5 rings (SSSR count). The molecular weight excluding hydrogens is 532 g/mol. The Morgan fingerprint density at radius 3 is 2.71 bits per heavy atom. The second-order valence-corrected chi connectivity index (χ2v) is 9.10. The number of furan rings is 1. The lowest BCUT2D eigenvalue weighted by Crippen LogP contribution is -2.11. The summed E-state index contributed by atoms with van der Waals surface area (Å²) in [5.74, 6) is 1.25. The van der Waals surface area contributed by atoms with E-state index >= 15 is 0 Å². The van der Waals surface area contributed by atoms with E-state index in [4.69, 9.17) is 9.15 Å². The van der Waals surface area contributed by atoms with E-state index in [9.17, 15) is 10.1 Å². The molecule has 2 aromatic heterocycles. The second kappa shape index (κ2) is 9.69. The summed E-state index contributed by atoms with van der Waals surface area (Å²) in [4.78, 5) is 16.1. The predicted molar refractivity (Wildman–Crippen MR) is 140 cm³/mol. The number of para-hydroxylation sites is 3. The van der Waals surface area contributed by atoms with E-state index in [1.807, 2.05) is 53.9 Å². The molecule has 35 heavy (non-hydrogen) atoms. The van der Waals surface area contributed by atoms with Gasteiger partial charge in [0.1, 0.15) is 22.7 Å². The zero-order chi connectivity index (χ0) is 24.4. The molecule has 10 heteroatoms. The number of hydrogen-bond acceptors (Lipinski definition) is 7. The van der Waals surface area contributed by atoms with Gasteiger partial charge in [0.05, 0.1) is 18.2 Å². The topological polar surface area (TPSA) is 95.2 Å². The number of rotatable bonds is 6. The first-order chi connectivity index (χ1) is 17.0. The molecule has 0 saturated heterocycles. The van der Waals surface area contributed by atoms with Crippen molar-refractivity contribution in [1.29, 1.82) is 0 Å². The SMILES string of the molecule is COc1ccc(Br)cc1C=Nn1c(-c2cc3ccccc3o2)csc1=Nc1ccccc1[N+](=O)[O-]. The summed E-state index contributed by atoms with van der Waals surface area (Å²) in [5.41, 5.74) is 2.30. The predicted octanol–water partition coefficient (Wildman–Crippen LogP) is 6.76. The minimum absolute atomic E-state index is 0.0876. The fourth-order valence-corrected chi connectivity index (χ4v) is 4.72. The van der Waals surface area contributed by atoms with E-state index in [0.717, 1.165) is 21.0 Å². The first-order valence-electron chi connectivity index (χ1n) is 10.4. The van der Waals surface area contributed by atoms with Gasteiger partial charge in [-0.25, -0.2) is 9.67 Å². The monoisotopic (exact) mass is 548 g/mol. The fourth-order valence-electron chi connectivity index (χ4n) is 3.51. The highest BCUT2D eigenvalue weighted by Gasteiger charge is 2.16. The first-order valence-corrected chi connectivity index (χ1v) is 12.1. The van der Waals surface area contributed by atoms with Gasteiger partial charge in [0.15, 0.2) is 5.76 Å². The molecule has 0 amide bonds. The van der Waals surface area contributed by atoms with Gasteiger partial charge in [-0.05, 0) is 36.4 Å². The smallest absolute Gasteiger partial charge is 0.294 e. The molecule has 3 aromatic carbocycles. The van der Waals surface area contributed by atoms with E-state index in [1.54, 1.807) is 36.2 Å². The summed E-state index contributed by atoms with van der Waals surface area (Å²) in [7, 11) is 1.59. The number of methoxy groups -OCH3 is 1. The molecule has 0 fully saturated rings. The van der Waals surface area contributed by atoms with Crippen LogP contribution in [0.15, 0.2) is 97.2 Å². The van der Waals surface area contributed by atoms with Gasteiger partial charge in [-0.1, -0.05) is 46.3 Å². The van der Waals surface area contributed by atoms with Crippen LogP contribution in [0.5, 0.6) is 5.75 Å². The molecule has 0 radical (unpaired) electrons. The minimum Gasteiger partial charge on any atom is -0.496 e. The Bertz CT molecular complexity index is 1620. The number of hydrogen-bond donors (Lipinski definition) is 0. The van der Waals surface area contributed by atoms with E-state index in [2.05, 4.69) is 26.0 Å². The van der Waals surface area contributed by atoms with Gasteiger partial charge in [0.25, 0.3) is 5.69 Å². The van der Waals surface area contributed by atoms with Crippen LogP contribution in [0, 0.1) is 10.1 Å². The Balaban J connectivity index is 1.70. The van der Waals surface area contributed by atoms with Crippen LogP contribution in [-0.4, -0.2) is 22.9 Å². The van der Waals surface area contributed by atoms with Gasteiger partial charge in [0, 0.05) is 26.9 Å². The van der Waals surface area contributed by atoms with Crippen molar-refractivity contribution in [2.75, 3.05) is 7.11 Å². The third kappa shape index (κ3) is 4.66. The zero-order valence-electron chi connectivity index (χ0n) is 18.3. The van der Waals surface area contributed by atoms with Crippen LogP contribution in [0.25, 0.3) is 22.4 Å². The van der Waals surface area contributed by atoms with Crippen molar-refractivity contribution in [2.24, 2.45) is 10.1 Å². The average molecular weight is 549 g/mol. The lowest BCUT2D eigenvalue weighted by atomic mass is 10.2. The van der Waals surface area contributed by atoms with Crippen molar-refractivity contribution in [2.45, 2.75) is 0 Å². The summed E-state index contributed by atoms with van der Waals surface area (Å²) in [5, 5.41) is 19.0. The number of thiazole rings is 1. The van der Waals surface area contributed by atoms with E-state index < -0.39 is 4.92 Å². The molecule has 0 aliphatic rings. The van der Waals surface area contributed by atoms with E-state index in [0.29, 0.717) is 22.0 Å². The summed E-state index contributed by atoms with van der Waals surface area (Å²) in [6.07, 6.45) is 1.65. The molecule has 2 heterocycles. The average Bonchev–Trinajstić information content (AvgIpc) is 3.46. The van der Waals surface area contributed by atoms with Gasteiger partial charge >= 0.3 is 0 Å². The molecule has 5 aromatic rings. The molecule has 0 aliphatic carbocycles. The molecule has 0 aliphatic heterocycles. The minimum atomic E-state index is -0.452. The Morgan fingerprint density at radius 2 is 1.91 bits per heavy atom. The quantitative estimate of drug-likeness (QED) is 0.133. The summed E-state index contributed by atoms with van der Waals surface area (Å²) in [6.45, 7) is 0. The van der Waals surface area contributed by atoms with Gasteiger partial charge in [-0.15, -0.1) is 11.3 Å². The highest BCUT2D eigenvalue weighted by atomic mass is 79.9. The van der Waals surface area contributed by atoms with Gasteiger partial charge in [-0.2, -0.15) is 5.10 Å². The van der Waals surface area contributed by atoms with E-state index in [-0.39, 0.29) is 11.4 Å². The number of nitro benzene ring substituents is 1. The van der Waals surface area contributed by atoms with Gasteiger partial charge in [-0.3, -0.25) is 10.1 Å². The van der Waals surface area contributed by atoms with Crippen LogP contribution in [0.2, 0.25) is 0 Å². The Morgan fingerprint density at radius 1 is 1.11 bits per heavy atom. The molecule has 0 unspecified atom stereocenters. The first kappa shape index (κ1) is 22.8. The van der Waals surface area contributed by atoms with Crippen molar-refractivity contribution in [3.8, 4) is 17.2 Å². The van der Waals surface area contributed by atoms with Gasteiger partial charge in [0.2, 0.25) is 4.80 Å².